The van der Waals surface area contributed by atoms with E-state index in [9.17, 15) is 9.59 Å². The number of nitrogens with zero attached hydrogens (tertiary/aromatic N) is 3. The quantitative estimate of drug-likeness (QED) is 0.785. The van der Waals surface area contributed by atoms with E-state index in [0.717, 1.165) is 32.6 Å². The number of piperazine rings is 1. The van der Waals surface area contributed by atoms with Crippen LogP contribution >= 0.6 is 0 Å². The van der Waals surface area contributed by atoms with Crippen LogP contribution in [0.2, 0.25) is 0 Å². The first-order valence-electron chi connectivity index (χ1n) is 7.98. The molecular weight excluding hydrogens is 278 g/mol. The fraction of sp³-hybridized carbons (Fsp3) is 0.529. The van der Waals surface area contributed by atoms with Gasteiger partial charge >= 0.3 is 0 Å². The summed E-state index contributed by atoms with van der Waals surface area (Å²) >= 11 is 0. The van der Waals surface area contributed by atoms with Crippen molar-refractivity contribution < 1.29 is 9.59 Å². The minimum atomic E-state index is -0.285. The van der Waals surface area contributed by atoms with Gasteiger partial charge in [0.15, 0.2) is 0 Å². The second-order valence-corrected chi connectivity index (χ2v) is 6.15. The van der Waals surface area contributed by atoms with E-state index in [1.54, 1.807) is 0 Å². The van der Waals surface area contributed by atoms with Gasteiger partial charge in [-0.05, 0) is 31.2 Å². The van der Waals surface area contributed by atoms with Gasteiger partial charge < -0.3 is 4.90 Å². The largest absolute Gasteiger partial charge is 0.304 e. The molecule has 1 aromatic rings. The predicted octanol–water partition coefficient (Wildman–Crippen LogP) is 1.13. The summed E-state index contributed by atoms with van der Waals surface area (Å²) in [7, 11) is 2.08. The lowest BCUT2D eigenvalue weighted by atomic mass is 10.1. The topological polar surface area (TPSA) is 43.9 Å². The Kier molecular flexibility index (Phi) is 4.27. The van der Waals surface area contributed by atoms with E-state index in [2.05, 4.69) is 23.8 Å². The van der Waals surface area contributed by atoms with Gasteiger partial charge in [-0.2, -0.15) is 0 Å². The lowest BCUT2D eigenvalue weighted by molar-refractivity contribution is -0.123. The van der Waals surface area contributed by atoms with Crippen molar-refractivity contribution in [2.24, 2.45) is 0 Å². The van der Waals surface area contributed by atoms with Crippen molar-refractivity contribution in [2.45, 2.75) is 25.8 Å². The molecule has 0 saturated carbocycles. The summed E-state index contributed by atoms with van der Waals surface area (Å²) in [5, 5.41) is 0. The van der Waals surface area contributed by atoms with Crippen molar-refractivity contribution in [3.8, 4) is 0 Å². The fourth-order valence-corrected chi connectivity index (χ4v) is 3.19. The summed E-state index contributed by atoms with van der Waals surface area (Å²) < 4.78 is 0. The summed E-state index contributed by atoms with van der Waals surface area (Å²) in [6.07, 6.45) is 1.25. The monoisotopic (exact) mass is 301 g/mol. The van der Waals surface area contributed by atoms with Gasteiger partial charge in [-0.1, -0.05) is 19.1 Å². The van der Waals surface area contributed by atoms with Crippen LogP contribution in [-0.2, 0) is 16.0 Å². The molecule has 22 heavy (non-hydrogen) atoms. The summed E-state index contributed by atoms with van der Waals surface area (Å²) in [6, 6.07) is 7.44. The fourth-order valence-electron chi connectivity index (χ4n) is 3.19. The number of carbonyl (C=O) groups is 2. The summed E-state index contributed by atoms with van der Waals surface area (Å²) in [6.45, 7) is 5.68. The zero-order valence-corrected chi connectivity index (χ0v) is 13.3. The Labute approximate surface area is 131 Å². The average molecular weight is 301 g/mol. The van der Waals surface area contributed by atoms with Crippen LogP contribution in [0.4, 0.5) is 5.69 Å². The van der Waals surface area contributed by atoms with E-state index >= 15 is 0 Å². The second-order valence-electron chi connectivity index (χ2n) is 6.15. The minimum absolute atomic E-state index is 0.0706. The number of imide groups is 1. The van der Waals surface area contributed by atoms with E-state index in [0.29, 0.717) is 12.1 Å². The Balaban J connectivity index is 1.76. The summed E-state index contributed by atoms with van der Waals surface area (Å²) in [4.78, 5) is 30.8. The number of rotatable bonds is 3. The normalized spacial score (nSPS) is 24.3. The second kappa shape index (κ2) is 6.18. The molecule has 118 valence electrons. The van der Waals surface area contributed by atoms with Crippen LogP contribution in [0.1, 0.15) is 18.9 Å². The molecule has 0 aromatic heterocycles. The molecule has 0 aliphatic carbocycles. The van der Waals surface area contributed by atoms with Crippen molar-refractivity contribution >= 4 is 17.5 Å². The zero-order valence-electron chi connectivity index (χ0n) is 13.3. The highest BCUT2D eigenvalue weighted by Crippen LogP contribution is 2.26. The van der Waals surface area contributed by atoms with E-state index in [1.807, 2.05) is 24.3 Å². The van der Waals surface area contributed by atoms with Crippen LogP contribution in [0.3, 0.4) is 0 Å². The highest BCUT2D eigenvalue weighted by molar-refractivity contribution is 6.22. The van der Waals surface area contributed by atoms with Gasteiger partial charge in [0, 0.05) is 26.2 Å². The smallest absolute Gasteiger partial charge is 0.251 e. The molecule has 0 unspecified atom stereocenters. The van der Waals surface area contributed by atoms with Gasteiger partial charge in [-0.3, -0.25) is 14.5 Å². The van der Waals surface area contributed by atoms with Crippen LogP contribution in [0.15, 0.2) is 24.3 Å². The van der Waals surface area contributed by atoms with Crippen LogP contribution in [0, 0.1) is 0 Å². The van der Waals surface area contributed by atoms with Gasteiger partial charge in [0.1, 0.15) is 0 Å². The molecule has 0 radical (unpaired) electrons. The molecule has 0 N–H and O–H groups in total. The molecule has 0 bridgehead atoms. The Bertz CT molecular complexity index is 562. The Morgan fingerprint density at radius 1 is 1.05 bits per heavy atom. The average Bonchev–Trinajstić information content (AvgIpc) is 2.83. The lowest BCUT2D eigenvalue weighted by Gasteiger charge is -2.35. The van der Waals surface area contributed by atoms with Gasteiger partial charge in [0.25, 0.3) is 5.91 Å². The van der Waals surface area contributed by atoms with Crippen molar-refractivity contribution in [3.05, 3.63) is 29.8 Å². The Morgan fingerprint density at radius 2 is 1.68 bits per heavy atom. The number of amides is 2. The van der Waals surface area contributed by atoms with E-state index in [1.165, 1.54) is 10.5 Å². The van der Waals surface area contributed by atoms with Gasteiger partial charge in [0.05, 0.1) is 18.2 Å². The first-order chi connectivity index (χ1) is 10.6. The van der Waals surface area contributed by atoms with E-state index in [4.69, 9.17) is 0 Å². The van der Waals surface area contributed by atoms with E-state index in [-0.39, 0.29) is 17.9 Å². The molecular formula is C17H23N3O2. The molecule has 2 fully saturated rings. The molecule has 2 amide bonds. The van der Waals surface area contributed by atoms with Crippen LogP contribution in [0.25, 0.3) is 0 Å². The Morgan fingerprint density at radius 3 is 2.27 bits per heavy atom. The minimum Gasteiger partial charge on any atom is -0.304 e. The number of anilines is 1. The lowest BCUT2D eigenvalue weighted by Crippen LogP contribution is -2.51. The molecule has 1 aromatic carbocycles. The third-order valence-corrected chi connectivity index (χ3v) is 4.70. The maximum absolute atomic E-state index is 12.7. The predicted molar refractivity (Wildman–Crippen MR) is 85.8 cm³/mol. The number of likely N-dealkylation sites (N-methyl/N-ethyl adjacent to an activating group) is 1. The maximum atomic E-state index is 12.7. The number of carbonyl (C=O) groups excluding carboxylic acids is 2. The third kappa shape index (κ3) is 2.78. The summed E-state index contributed by atoms with van der Waals surface area (Å²) in [5.74, 6) is -0.156. The Hall–Kier alpha value is -1.72. The first kappa shape index (κ1) is 15.2. The number of hydrogen-bond acceptors (Lipinski definition) is 4. The third-order valence-electron chi connectivity index (χ3n) is 4.70. The zero-order chi connectivity index (χ0) is 15.7. The SMILES string of the molecule is CCc1ccc(N2C(=O)C[C@@H](N3CCN(C)CC3)C2=O)cc1. The van der Waals surface area contributed by atoms with Crippen molar-refractivity contribution in [2.75, 3.05) is 38.1 Å². The number of hydrogen-bond donors (Lipinski definition) is 0. The van der Waals surface area contributed by atoms with Gasteiger partial charge in [-0.25, -0.2) is 4.90 Å². The van der Waals surface area contributed by atoms with E-state index < -0.39 is 0 Å². The molecule has 2 aliphatic rings. The first-order valence-corrected chi connectivity index (χ1v) is 7.98. The van der Waals surface area contributed by atoms with Crippen molar-refractivity contribution in [1.82, 2.24) is 9.80 Å². The van der Waals surface area contributed by atoms with Gasteiger partial charge in [0.2, 0.25) is 5.91 Å². The standard InChI is InChI=1S/C17H23N3O2/c1-3-13-4-6-14(7-5-13)20-16(21)12-15(17(20)22)19-10-8-18(2)9-11-19/h4-7,15H,3,8-12H2,1-2H3/t15-/m1/s1. The van der Waals surface area contributed by atoms with Crippen molar-refractivity contribution in [3.63, 3.8) is 0 Å². The highest BCUT2D eigenvalue weighted by Gasteiger charge is 2.43. The van der Waals surface area contributed by atoms with Crippen LogP contribution in [0.5, 0.6) is 0 Å². The molecule has 2 heterocycles. The van der Waals surface area contributed by atoms with Crippen LogP contribution < -0.4 is 4.90 Å². The number of benzene rings is 1. The molecule has 1 atom stereocenters. The molecule has 2 saturated heterocycles. The highest BCUT2D eigenvalue weighted by atomic mass is 16.2. The van der Waals surface area contributed by atoms with Crippen LogP contribution in [-0.4, -0.2) is 60.9 Å². The molecule has 3 rings (SSSR count). The molecule has 0 spiro atoms. The summed E-state index contributed by atoms with van der Waals surface area (Å²) in [5.41, 5.74) is 1.90. The molecule has 2 aliphatic heterocycles. The number of aryl methyl sites for hydroxylation is 1. The van der Waals surface area contributed by atoms with Crippen molar-refractivity contribution in [1.29, 1.82) is 0 Å². The van der Waals surface area contributed by atoms with Gasteiger partial charge in [-0.15, -0.1) is 0 Å². The molecule has 5 nitrogen and oxygen atoms in total. The molecule has 5 heteroatoms. The maximum Gasteiger partial charge on any atom is 0.251 e.